The van der Waals surface area contributed by atoms with E-state index in [9.17, 15) is 33.6 Å². The Morgan fingerprint density at radius 3 is 1.57 bits per heavy atom. The van der Waals surface area contributed by atoms with Crippen molar-refractivity contribution < 1.29 is 57.2 Å². The third-order valence-electron chi connectivity index (χ3n) is 3.64. The lowest BCUT2D eigenvalue weighted by Gasteiger charge is -2.11. The molecule has 0 aromatic carbocycles. The van der Waals surface area contributed by atoms with Crippen molar-refractivity contribution in [2.45, 2.75) is 56.1 Å². The number of methoxy groups -OCH3 is 2. The molecule has 0 bridgehead atoms. The van der Waals surface area contributed by atoms with Crippen LogP contribution >= 0.6 is 11.6 Å². The Hall–Kier alpha value is -4.36. The second kappa shape index (κ2) is 34.8. The molecule has 0 aromatic rings. The van der Waals surface area contributed by atoms with Gasteiger partial charge in [-0.3, -0.25) is 19.8 Å². The molecule has 4 N–H and O–H groups in total. The molecule has 1 unspecified atom stereocenters. The van der Waals surface area contributed by atoms with E-state index >= 15 is 0 Å². The van der Waals surface area contributed by atoms with Crippen LogP contribution in [-0.2, 0) is 47.7 Å². The second-order valence-electron chi connectivity index (χ2n) is 6.26. The van der Waals surface area contributed by atoms with Crippen LogP contribution in [0, 0.1) is 12.8 Å². The topological polar surface area (TPSA) is 219 Å². The maximum atomic E-state index is 11.5. The third-order valence-corrected chi connectivity index (χ3v) is 3.64. The van der Waals surface area contributed by atoms with Gasteiger partial charge in [-0.1, -0.05) is 29.2 Å². The van der Waals surface area contributed by atoms with E-state index in [1.54, 1.807) is 20.8 Å². The highest BCUT2D eigenvalue weighted by atomic mass is 35.5. The number of imide groups is 1. The van der Waals surface area contributed by atoms with Crippen molar-refractivity contribution in [1.29, 1.82) is 0 Å². The first-order valence-electron chi connectivity index (χ1n) is 11.6. The molecule has 44 heavy (non-hydrogen) atoms. The van der Waals surface area contributed by atoms with Crippen LogP contribution < -0.4 is 16.4 Å². The number of hydrogen-bond acceptors (Lipinski definition) is 12. The number of nitrogens with zero attached hydrogens (tertiary/aromatic N) is 1. The summed E-state index contributed by atoms with van der Waals surface area (Å²) in [5, 5.41) is 4.40. The molecule has 16 nitrogen and oxygen atoms in total. The van der Waals surface area contributed by atoms with Crippen molar-refractivity contribution in [3.63, 3.8) is 0 Å². The molecule has 1 rings (SSSR count). The van der Waals surface area contributed by atoms with Crippen molar-refractivity contribution in [3.05, 3.63) is 11.5 Å². The molecular weight excluding hydrogens is 608 g/mol. The number of rotatable bonds is 9. The third kappa shape index (κ3) is 23.2. The van der Waals surface area contributed by atoms with E-state index in [1.165, 1.54) is 21.2 Å². The Kier molecular flexibility index (Phi) is 44.0. The number of ether oxygens (including phenoxy) is 5. The summed E-state index contributed by atoms with van der Waals surface area (Å²) < 4.78 is 23.0. The normalized spacial score (nSPS) is 11.8. The number of primary amides is 1. The Bertz CT molecular complexity index is 924. The highest BCUT2D eigenvalue weighted by Gasteiger charge is 2.36. The number of Topliss-reactive ketones (excluding diaryl/α,β-unsaturated/α-hetero) is 1. The lowest BCUT2D eigenvalue weighted by Crippen LogP contribution is -2.39. The van der Waals surface area contributed by atoms with Gasteiger partial charge in [0.1, 0.15) is 0 Å². The summed E-state index contributed by atoms with van der Waals surface area (Å²) in [4.78, 5) is 77.8. The summed E-state index contributed by atoms with van der Waals surface area (Å²) in [6.07, 6.45) is 6.46. The maximum absolute atomic E-state index is 11.5. The summed E-state index contributed by atoms with van der Waals surface area (Å²) in [5.74, 6) is -4.04. The van der Waals surface area contributed by atoms with E-state index in [0.29, 0.717) is 0 Å². The molecule has 1 aliphatic heterocycles. The van der Waals surface area contributed by atoms with E-state index in [2.05, 4.69) is 48.2 Å². The number of carbonyl (C=O) groups is 7. The molecule has 0 aromatic heterocycles. The van der Waals surface area contributed by atoms with Gasteiger partial charge in [-0.15, -0.1) is 24.4 Å². The van der Waals surface area contributed by atoms with Gasteiger partial charge in [-0.25, -0.2) is 24.0 Å². The van der Waals surface area contributed by atoms with Gasteiger partial charge in [0.2, 0.25) is 11.9 Å². The van der Waals surface area contributed by atoms with E-state index in [1.807, 2.05) is 6.92 Å². The summed E-state index contributed by atoms with van der Waals surface area (Å²) in [7, 11) is 5.13. The predicted molar refractivity (Wildman–Crippen MR) is 166 cm³/mol. The number of alkyl halides is 1. The smallest absolute Gasteiger partial charge is 0.378 e. The molecule has 1 fully saturated rings. The molecule has 1 heterocycles. The number of hydrogen-bond donors (Lipinski definition) is 3. The highest BCUT2D eigenvalue weighted by molar-refractivity contribution is 6.39. The number of halogens is 1. The standard InChI is InChI=1S/C9H12N2O5.C9H14O6.C2H5Cl.C2H6N2O.C2H2.3CH4/c1-4-16-8(13)6(15-3)5-7(12)11(2)9(14)10-5;1-4-14-8(11)6(10)7(13-3)9(12)15-5-2;1-2-3;1-4-2(3)5;1-2;;;/h4H2,1-3H3,(H,10,14);7H,4-5H2,1-3H3;2H2,1H3;1H3,(H3,3,4,5);1-2H;3*1H4/b6-5+;;;;;;;. The number of nitrogens with two attached hydrogens (primary N) is 1. The predicted octanol–water partition coefficient (Wildman–Crippen LogP) is 1.97. The monoisotopic (exact) mass is 658 g/mol. The number of likely N-dealkylation sites (N-methyl/N-ethyl adjacent to an activating group) is 1. The molecule has 0 aliphatic carbocycles. The number of carbonyl (C=O) groups excluding carboxylic acids is 7. The Morgan fingerprint density at radius 1 is 0.909 bits per heavy atom. The highest BCUT2D eigenvalue weighted by Crippen LogP contribution is 2.14. The SMILES string of the molecule is C.C.C.C#C.CCCl.CCOC(=O)/C(OC)=C1\NC(=O)N(C)C1=O.CCOC(=O)C(=O)C(OC)C(=O)OCC.CNC(N)=O. The lowest BCUT2D eigenvalue weighted by atomic mass is 10.2. The van der Waals surface area contributed by atoms with Crippen molar-refractivity contribution in [1.82, 2.24) is 15.5 Å². The average molecular weight is 659 g/mol. The largest absolute Gasteiger partial charge is 0.488 e. The number of amides is 5. The zero-order valence-corrected chi connectivity index (χ0v) is 25.1. The first kappa shape index (κ1) is 55.6. The van der Waals surface area contributed by atoms with Gasteiger partial charge in [0, 0.05) is 27.1 Å². The molecule has 1 atom stereocenters. The summed E-state index contributed by atoms with van der Waals surface area (Å²) in [6.45, 7) is 6.96. The van der Waals surface area contributed by atoms with Crippen molar-refractivity contribution >= 4 is 53.3 Å². The molecule has 258 valence electrons. The van der Waals surface area contributed by atoms with E-state index in [-0.39, 0.29) is 53.6 Å². The van der Waals surface area contributed by atoms with Gasteiger partial charge in [0.15, 0.2) is 5.70 Å². The first-order chi connectivity index (χ1) is 19.3. The van der Waals surface area contributed by atoms with Gasteiger partial charge in [0.25, 0.3) is 11.7 Å². The average Bonchev–Trinajstić information content (AvgIpc) is 3.19. The van der Waals surface area contributed by atoms with Gasteiger partial charge in [-0.05, 0) is 20.8 Å². The molecule has 0 saturated carbocycles. The number of esters is 3. The first-order valence-corrected chi connectivity index (χ1v) is 12.1. The van der Waals surface area contributed by atoms with Crippen LogP contribution in [0.15, 0.2) is 11.5 Å². The maximum Gasteiger partial charge on any atom is 0.378 e. The number of nitrogens with one attached hydrogen (secondary N) is 2. The van der Waals surface area contributed by atoms with Gasteiger partial charge in [0.05, 0.1) is 26.9 Å². The lowest BCUT2D eigenvalue weighted by molar-refractivity contribution is -0.168. The second-order valence-corrected chi connectivity index (χ2v) is 6.79. The van der Waals surface area contributed by atoms with Gasteiger partial charge < -0.3 is 34.7 Å². The van der Waals surface area contributed by atoms with Crippen LogP contribution in [0.3, 0.4) is 0 Å². The molecular formula is C27H51ClN4O12. The van der Waals surface area contributed by atoms with Crippen molar-refractivity contribution in [2.24, 2.45) is 5.73 Å². The van der Waals surface area contributed by atoms with Crippen LogP contribution in [0.2, 0.25) is 0 Å². The van der Waals surface area contributed by atoms with Crippen LogP contribution in [0.1, 0.15) is 50.0 Å². The number of ketones is 1. The zero-order chi connectivity index (χ0) is 33.1. The molecule has 17 heteroatoms. The van der Waals surface area contributed by atoms with E-state index in [4.69, 9.17) is 16.3 Å². The molecule has 1 saturated heterocycles. The van der Waals surface area contributed by atoms with Crippen molar-refractivity contribution in [2.75, 3.05) is 54.0 Å². The fourth-order valence-electron chi connectivity index (χ4n) is 1.98. The van der Waals surface area contributed by atoms with E-state index < -0.39 is 47.8 Å². The number of terminal acetylenes is 1. The van der Waals surface area contributed by atoms with Gasteiger partial charge in [-0.2, -0.15) is 0 Å². The Morgan fingerprint density at radius 2 is 1.30 bits per heavy atom. The van der Waals surface area contributed by atoms with Gasteiger partial charge >= 0.3 is 30.0 Å². The van der Waals surface area contributed by atoms with Crippen LogP contribution in [0.5, 0.6) is 0 Å². The fraction of sp³-hybridized carbons (Fsp3) is 0.593. The summed E-state index contributed by atoms with van der Waals surface area (Å²) >= 11 is 5.00. The minimum Gasteiger partial charge on any atom is -0.488 e. The minimum atomic E-state index is -1.54. The number of urea groups is 2. The molecule has 0 spiro atoms. The van der Waals surface area contributed by atoms with Crippen molar-refractivity contribution in [3.8, 4) is 12.8 Å². The minimum absolute atomic E-state index is 0. The zero-order valence-electron chi connectivity index (χ0n) is 24.4. The Balaban J connectivity index is -0.0000000910. The van der Waals surface area contributed by atoms with Crippen LogP contribution in [-0.4, -0.2) is 107 Å². The molecule has 5 amide bonds. The fourth-order valence-corrected chi connectivity index (χ4v) is 1.98. The Labute approximate surface area is 266 Å². The molecule has 0 radical (unpaired) electrons. The summed E-state index contributed by atoms with van der Waals surface area (Å²) in [5.41, 5.74) is 4.34. The van der Waals surface area contributed by atoms with Crippen LogP contribution in [0.4, 0.5) is 9.59 Å². The summed E-state index contributed by atoms with van der Waals surface area (Å²) in [6, 6.07) is -1.11. The van der Waals surface area contributed by atoms with E-state index in [0.717, 1.165) is 17.9 Å². The van der Waals surface area contributed by atoms with Crippen LogP contribution in [0.25, 0.3) is 0 Å². The quantitative estimate of drug-likeness (QED) is 0.0373. The molecule has 1 aliphatic rings.